The van der Waals surface area contributed by atoms with Crippen LogP contribution in [0.1, 0.15) is 44.5 Å². The molecule has 0 saturated carbocycles. The van der Waals surface area contributed by atoms with Crippen LogP contribution in [0, 0.1) is 0 Å². The second-order valence-corrected chi connectivity index (χ2v) is 3.57. The quantitative estimate of drug-likeness (QED) is 0.776. The van der Waals surface area contributed by atoms with Crippen LogP contribution in [0.25, 0.3) is 0 Å². The second kappa shape index (κ2) is 5.82. The molecule has 1 aromatic heterocycles. The first-order valence-corrected chi connectivity index (χ1v) is 5.20. The van der Waals surface area contributed by atoms with Crippen molar-refractivity contribution in [3.63, 3.8) is 0 Å². The van der Waals surface area contributed by atoms with E-state index in [0.29, 0.717) is 24.6 Å². The average Bonchev–Trinajstić information content (AvgIpc) is 2.65. The van der Waals surface area contributed by atoms with Gasteiger partial charge in [0.05, 0.1) is 6.10 Å². The van der Waals surface area contributed by atoms with E-state index in [0.717, 1.165) is 6.42 Å². The molecule has 1 rings (SSSR count). The molecule has 0 aliphatic rings. The molecule has 5 nitrogen and oxygen atoms in total. The van der Waals surface area contributed by atoms with Crippen molar-refractivity contribution in [2.75, 3.05) is 7.11 Å². The lowest BCUT2D eigenvalue weighted by molar-refractivity contribution is 0.0903. The molecule has 1 N–H and O–H groups in total. The molecule has 15 heavy (non-hydrogen) atoms. The summed E-state index contributed by atoms with van der Waals surface area (Å²) in [6.07, 6.45) is 1.60. The van der Waals surface area contributed by atoms with Gasteiger partial charge in [0.15, 0.2) is 0 Å². The molecule has 0 radical (unpaired) electrons. The van der Waals surface area contributed by atoms with Gasteiger partial charge in [0, 0.05) is 13.5 Å². The number of hydrogen-bond donors (Lipinski definition) is 1. The maximum atomic E-state index is 9.11. The third kappa shape index (κ3) is 3.60. The summed E-state index contributed by atoms with van der Waals surface area (Å²) in [7, 11) is 1.62. The van der Waals surface area contributed by atoms with Crippen LogP contribution in [0.3, 0.4) is 0 Å². The third-order valence-electron chi connectivity index (χ3n) is 2.20. The van der Waals surface area contributed by atoms with Crippen LogP contribution in [0.2, 0.25) is 0 Å². The lowest BCUT2D eigenvalue weighted by atomic mass is 10.2. The van der Waals surface area contributed by atoms with Crippen LogP contribution < -0.4 is 0 Å². The number of methoxy groups -OCH3 is 1. The minimum atomic E-state index is -0.343. The lowest BCUT2D eigenvalue weighted by Crippen LogP contribution is -2.03. The van der Waals surface area contributed by atoms with Crippen LogP contribution in [-0.2, 0) is 11.2 Å². The van der Waals surface area contributed by atoms with Crippen molar-refractivity contribution in [1.29, 1.82) is 0 Å². The molecule has 0 aromatic carbocycles. The molecule has 0 bridgehead atoms. The van der Waals surface area contributed by atoms with Gasteiger partial charge in [-0.25, -0.2) is 0 Å². The molecule has 0 saturated heterocycles. The van der Waals surface area contributed by atoms with E-state index in [4.69, 9.17) is 14.4 Å². The topological polar surface area (TPSA) is 68.4 Å². The Balaban J connectivity index is 2.55. The first-order valence-electron chi connectivity index (χ1n) is 5.20. The Bertz CT molecular complexity index is 282. The second-order valence-electron chi connectivity index (χ2n) is 3.57. The van der Waals surface area contributed by atoms with Crippen molar-refractivity contribution in [1.82, 2.24) is 10.1 Å². The average molecular weight is 214 g/mol. The Hall–Kier alpha value is -0.940. The van der Waals surface area contributed by atoms with E-state index in [1.165, 1.54) is 0 Å². The van der Waals surface area contributed by atoms with Crippen molar-refractivity contribution in [3.8, 4) is 0 Å². The highest BCUT2D eigenvalue weighted by Gasteiger charge is 2.15. The maximum Gasteiger partial charge on any atom is 0.226 e. The van der Waals surface area contributed by atoms with E-state index in [2.05, 4.69) is 10.1 Å². The summed E-state index contributed by atoms with van der Waals surface area (Å²) in [6.45, 7) is 3.74. The van der Waals surface area contributed by atoms with Gasteiger partial charge in [-0.1, -0.05) is 12.1 Å². The van der Waals surface area contributed by atoms with Gasteiger partial charge in [-0.3, -0.25) is 0 Å². The van der Waals surface area contributed by atoms with E-state index >= 15 is 0 Å². The zero-order valence-corrected chi connectivity index (χ0v) is 9.43. The number of aliphatic hydroxyl groups is 1. The monoisotopic (exact) mass is 214 g/mol. The van der Waals surface area contributed by atoms with E-state index in [1.807, 2.05) is 6.92 Å². The molecule has 0 spiro atoms. The summed E-state index contributed by atoms with van der Waals surface area (Å²) in [6, 6.07) is 0. The maximum absolute atomic E-state index is 9.11. The molecule has 1 heterocycles. The summed E-state index contributed by atoms with van der Waals surface area (Å²) in [4.78, 5) is 4.21. The number of ether oxygens (including phenoxy) is 1. The van der Waals surface area contributed by atoms with Gasteiger partial charge in [-0.2, -0.15) is 4.98 Å². The van der Waals surface area contributed by atoms with E-state index in [1.54, 1.807) is 14.0 Å². The number of aromatic nitrogens is 2. The fourth-order valence-electron chi connectivity index (χ4n) is 1.29. The molecule has 0 aliphatic heterocycles. The van der Waals surface area contributed by atoms with Crippen molar-refractivity contribution in [3.05, 3.63) is 11.7 Å². The van der Waals surface area contributed by atoms with Gasteiger partial charge >= 0.3 is 0 Å². The third-order valence-corrected chi connectivity index (χ3v) is 2.20. The molecule has 0 amide bonds. The molecule has 5 heteroatoms. The van der Waals surface area contributed by atoms with E-state index in [-0.39, 0.29) is 12.2 Å². The Morgan fingerprint density at radius 3 is 2.80 bits per heavy atom. The van der Waals surface area contributed by atoms with Crippen LogP contribution in [-0.4, -0.2) is 28.5 Å². The first kappa shape index (κ1) is 12.1. The smallest absolute Gasteiger partial charge is 0.226 e. The number of rotatable bonds is 6. The van der Waals surface area contributed by atoms with Gasteiger partial charge in [-0.05, 0) is 19.8 Å². The number of hydrogen-bond acceptors (Lipinski definition) is 5. The van der Waals surface area contributed by atoms with Crippen molar-refractivity contribution in [2.45, 2.75) is 45.3 Å². The van der Waals surface area contributed by atoms with Gasteiger partial charge in [-0.15, -0.1) is 0 Å². The Labute approximate surface area is 89.4 Å². The van der Waals surface area contributed by atoms with Crippen LogP contribution in [0.4, 0.5) is 0 Å². The molecular formula is C10H18N2O3. The molecule has 86 valence electrons. The zero-order chi connectivity index (χ0) is 11.3. The Kier molecular flexibility index (Phi) is 4.71. The van der Waals surface area contributed by atoms with Crippen LogP contribution >= 0.6 is 0 Å². The minimum absolute atomic E-state index is 0.103. The predicted molar refractivity (Wildman–Crippen MR) is 54.3 cm³/mol. The molecule has 0 aliphatic carbocycles. The van der Waals surface area contributed by atoms with Crippen molar-refractivity contribution >= 4 is 0 Å². The standard InChI is InChI=1S/C10H18N2O3/c1-4-8(14-3)10-11-9(15-12-10)6-5-7(2)13/h7-8,13H,4-6H2,1-3H3. The van der Waals surface area contributed by atoms with Crippen molar-refractivity contribution in [2.24, 2.45) is 0 Å². The Morgan fingerprint density at radius 1 is 1.53 bits per heavy atom. The van der Waals surface area contributed by atoms with E-state index < -0.39 is 0 Å². The normalized spacial score (nSPS) is 15.2. The van der Waals surface area contributed by atoms with E-state index in [9.17, 15) is 0 Å². The fourth-order valence-corrected chi connectivity index (χ4v) is 1.29. The highest BCUT2D eigenvalue weighted by atomic mass is 16.5. The summed E-state index contributed by atoms with van der Waals surface area (Å²) < 4.78 is 10.2. The molecular weight excluding hydrogens is 196 g/mol. The molecule has 1 aromatic rings. The fraction of sp³-hybridized carbons (Fsp3) is 0.800. The zero-order valence-electron chi connectivity index (χ0n) is 9.43. The highest BCUT2D eigenvalue weighted by Crippen LogP contribution is 2.17. The van der Waals surface area contributed by atoms with Crippen LogP contribution in [0.15, 0.2) is 4.52 Å². The molecule has 0 fully saturated rings. The van der Waals surface area contributed by atoms with Crippen molar-refractivity contribution < 1.29 is 14.4 Å². The summed E-state index contributed by atoms with van der Waals surface area (Å²) in [5.74, 6) is 1.14. The minimum Gasteiger partial charge on any atom is -0.393 e. The summed E-state index contributed by atoms with van der Waals surface area (Å²) in [5, 5.41) is 13.0. The number of aliphatic hydroxyl groups excluding tert-OH is 1. The van der Waals surface area contributed by atoms with Crippen LogP contribution in [0.5, 0.6) is 0 Å². The number of aryl methyl sites for hydroxylation is 1. The number of nitrogens with zero attached hydrogens (tertiary/aromatic N) is 2. The summed E-state index contributed by atoms with van der Waals surface area (Å²) in [5.41, 5.74) is 0. The van der Waals surface area contributed by atoms with Gasteiger partial charge in [0.2, 0.25) is 11.7 Å². The highest BCUT2D eigenvalue weighted by molar-refractivity contribution is 4.91. The van der Waals surface area contributed by atoms with Gasteiger partial charge in [0.25, 0.3) is 0 Å². The Morgan fingerprint density at radius 2 is 2.27 bits per heavy atom. The molecule has 2 atom stereocenters. The largest absolute Gasteiger partial charge is 0.393 e. The first-order chi connectivity index (χ1) is 7.17. The summed E-state index contributed by atoms with van der Waals surface area (Å²) >= 11 is 0. The molecule has 2 unspecified atom stereocenters. The SMILES string of the molecule is CCC(OC)c1noc(CCC(C)O)n1. The van der Waals surface area contributed by atoms with Gasteiger partial charge < -0.3 is 14.4 Å². The lowest BCUT2D eigenvalue weighted by Gasteiger charge is -2.06. The predicted octanol–water partition coefficient (Wildman–Crippen LogP) is 1.48. The van der Waals surface area contributed by atoms with Gasteiger partial charge in [0.1, 0.15) is 6.10 Å².